The number of thioether (sulfide) groups is 1. The zero-order valence-electron chi connectivity index (χ0n) is 5.50. The minimum Gasteiger partial charge on any atom is -0.0987 e. The lowest BCUT2D eigenvalue weighted by Crippen LogP contribution is -1.72. The van der Waals surface area contributed by atoms with Crippen LogP contribution in [0, 0.1) is 0 Å². The zero-order chi connectivity index (χ0) is 6.53. The first-order valence-corrected chi connectivity index (χ1v) is 3.96. The molecule has 0 amide bonds. The Kier molecular flexibility index (Phi) is 2.65. The van der Waals surface area contributed by atoms with Gasteiger partial charge in [0.2, 0.25) is 0 Å². The molecule has 1 heterocycles. The van der Waals surface area contributed by atoms with E-state index in [1.54, 1.807) is 11.8 Å². The first-order valence-electron chi connectivity index (χ1n) is 3.08. The number of rotatable bonds is 1. The molecule has 0 aromatic rings. The third-order valence-corrected chi connectivity index (χ3v) is 1.99. The van der Waals surface area contributed by atoms with Gasteiger partial charge in [-0.1, -0.05) is 36.1 Å². The molecule has 0 atom stereocenters. The van der Waals surface area contributed by atoms with Crippen molar-refractivity contribution in [3.63, 3.8) is 0 Å². The quantitative estimate of drug-likeness (QED) is 0.536. The van der Waals surface area contributed by atoms with Gasteiger partial charge in [-0.25, -0.2) is 0 Å². The number of hydrogen-bond acceptors (Lipinski definition) is 1. The van der Waals surface area contributed by atoms with E-state index in [2.05, 4.69) is 29.7 Å². The van der Waals surface area contributed by atoms with Crippen LogP contribution in [0.5, 0.6) is 0 Å². The van der Waals surface area contributed by atoms with Gasteiger partial charge < -0.3 is 0 Å². The predicted molar refractivity (Wildman–Crippen MR) is 44.2 cm³/mol. The van der Waals surface area contributed by atoms with Crippen molar-refractivity contribution >= 4 is 11.8 Å². The van der Waals surface area contributed by atoms with Crippen molar-refractivity contribution in [1.82, 2.24) is 0 Å². The van der Waals surface area contributed by atoms with Crippen LogP contribution in [0.4, 0.5) is 0 Å². The van der Waals surface area contributed by atoms with Crippen molar-refractivity contribution in [2.45, 2.75) is 13.3 Å². The summed E-state index contributed by atoms with van der Waals surface area (Å²) in [6, 6.07) is 0. The molecule has 0 N–H and O–H groups in total. The average molecular weight is 138 g/mol. The Balaban J connectivity index is 2.50. The second-order valence-electron chi connectivity index (χ2n) is 1.83. The summed E-state index contributed by atoms with van der Waals surface area (Å²) in [5, 5.41) is 2.13. The molecule has 0 aliphatic carbocycles. The van der Waals surface area contributed by atoms with Gasteiger partial charge in [-0.05, 0) is 18.8 Å². The van der Waals surface area contributed by atoms with Gasteiger partial charge in [0, 0.05) is 4.91 Å². The molecular formula is C8H10S. The van der Waals surface area contributed by atoms with Crippen LogP contribution in [0.1, 0.15) is 13.3 Å². The molecule has 48 valence electrons. The Morgan fingerprint density at radius 3 is 3.11 bits per heavy atom. The van der Waals surface area contributed by atoms with Crippen LogP contribution < -0.4 is 0 Å². The van der Waals surface area contributed by atoms with E-state index in [0.717, 1.165) is 6.42 Å². The highest BCUT2D eigenvalue weighted by Crippen LogP contribution is 2.22. The summed E-state index contributed by atoms with van der Waals surface area (Å²) < 4.78 is 0. The Morgan fingerprint density at radius 1 is 1.67 bits per heavy atom. The van der Waals surface area contributed by atoms with Gasteiger partial charge in [0.25, 0.3) is 0 Å². The third kappa shape index (κ3) is 2.10. The molecule has 0 unspecified atom stereocenters. The van der Waals surface area contributed by atoms with E-state index in [0.29, 0.717) is 0 Å². The van der Waals surface area contributed by atoms with Crippen molar-refractivity contribution in [3.8, 4) is 0 Å². The molecule has 0 saturated heterocycles. The van der Waals surface area contributed by atoms with Gasteiger partial charge in [-0.2, -0.15) is 0 Å². The maximum Gasteiger partial charge on any atom is 0.00756 e. The summed E-state index contributed by atoms with van der Waals surface area (Å²) in [6.07, 6.45) is 9.68. The molecular weight excluding hydrogens is 128 g/mol. The maximum absolute atomic E-state index is 2.23. The molecule has 9 heavy (non-hydrogen) atoms. The number of hydrogen-bond donors (Lipinski definition) is 0. The van der Waals surface area contributed by atoms with Gasteiger partial charge >= 0.3 is 0 Å². The fraction of sp³-hybridized carbons (Fsp3) is 0.250. The molecule has 0 spiro atoms. The second kappa shape index (κ2) is 3.57. The summed E-state index contributed by atoms with van der Waals surface area (Å²) in [7, 11) is 0. The van der Waals surface area contributed by atoms with E-state index in [1.807, 2.05) is 6.92 Å². The zero-order valence-corrected chi connectivity index (χ0v) is 6.32. The highest BCUT2D eigenvalue weighted by atomic mass is 32.2. The van der Waals surface area contributed by atoms with Crippen molar-refractivity contribution in [2.75, 3.05) is 0 Å². The van der Waals surface area contributed by atoms with Gasteiger partial charge in [-0.3, -0.25) is 0 Å². The Morgan fingerprint density at radius 2 is 2.56 bits per heavy atom. The average Bonchev–Trinajstić information content (AvgIpc) is 1.91. The van der Waals surface area contributed by atoms with Gasteiger partial charge in [0.15, 0.2) is 0 Å². The molecule has 1 heteroatoms. The monoisotopic (exact) mass is 138 g/mol. The van der Waals surface area contributed by atoms with Crippen LogP contribution in [-0.2, 0) is 0 Å². The van der Waals surface area contributed by atoms with E-state index in [1.165, 1.54) is 4.91 Å². The van der Waals surface area contributed by atoms with Crippen molar-refractivity contribution in [1.29, 1.82) is 0 Å². The molecule has 1 aliphatic heterocycles. The lowest BCUT2D eigenvalue weighted by molar-refractivity contribution is 1.38. The van der Waals surface area contributed by atoms with Crippen LogP contribution in [0.15, 0.2) is 34.6 Å². The number of allylic oxidation sites excluding steroid dienone is 4. The second-order valence-corrected chi connectivity index (χ2v) is 2.81. The summed E-state index contributed by atoms with van der Waals surface area (Å²) in [6.45, 7) is 2.04. The van der Waals surface area contributed by atoms with Crippen LogP contribution >= 0.6 is 11.8 Å². The van der Waals surface area contributed by atoms with Crippen molar-refractivity contribution in [2.24, 2.45) is 0 Å². The Bertz CT molecular complexity index is 163. The first kappa shape index (κ1) is 6.69. The molecule has 0 bridgehead atoms. The minimum absolute atomic E-state index is 1.09. The maximum atomic E-state index is 2.23. The van der Waals surface area contributed by atoms with E-state index >= 15 is 0 Å². The fourth-order valence-electron chi connectivity index (χ4n) is 0.686. The van der Waals surface area contributed by atoms with Crippen LogP contribution in [-0.4, -0.2) is 0 Å². The van der Waals surface area contributed by atoms with Crippen LogP contribution in [0.2, 0.25) is 0 Å². The SMILES string of the molecule is C/C=C/C1=CCC=CS1. The van der Waals surface area contributed by atoms with Gasteiger partial charge in [0.1, 0.15) is 0 Å². The van der Waals surface area contributed by atoms with E-state index < -0.39 is 0 Å². The highest BCUT2D eigenvalue weighted by Gasteiger charge is 1.91. The Hall–Kier alpha value is -0.430. The molecule has 0 aromatic heterocycles. The molecule has 1 rings (SSSR count). The normalized spacial score (nSPS) is 18.6. The highest BCUT2D eigenvalue weighted by molar-refractivity contribution is 8.06. The smallest absolute Gasteiger partial charge is 0.00756 e. The van der Waals surface area contributed by atoms with Gasteiger partial charge in [-0.15, -0.1) is 0 Å². The summed E-state index contributed by atoms with van der Waals surface area (Å²) in [5.74, 6) is 0. The largest absolute Gasteiger partial charge is 0.0987 e. The Labute approximate surface area is 60.3 Å². The topological polar surface area (TPSA) is 0 Å². The lowest BCUT2D eigenvalue weighted by atomic mass is 10.3. The molecule has 0 radical (unpaired) electrons. The van der Waals surface area contributed by atoms with Gasteiger partial charge in [0.05, 0.1) is 0 Å². The standard InChI is InChI=1S/C8H10S/c1-2-5-8-6-3-4-7-9-8/h2,4-7H,3H2,1H3/b5-2+. The van der Waals surface area contributed by atoms with E-state index in [4.69, 9.17) is 0 Å². The van der Waals surface area contributed by atoms with E-state index in [-0.39, 0.29) is 0 Å². The lowest BCUT2D eigenvalue weighted by Gasteiger charge is -1.99. The molecule has 1 aliphatic rings. The van der Waals surface area contributed by atoms with Crippen molar-refractivity contribution < 1.29 is 0 Å². The molecule has 0 fully saturated rings. The van der Waals surface area contributed by atoms with E-state index in [9.17, 15) is 0 Å². The summed E-state index contributed by atoms with van der Waals surface area (Å²) >= 11 is 1.78. The summed E-state index contributed by atoms with van der Waals surface area (Å²) in [4.78, 5) is 1.36. The minimum atomic E-state index is 1.09. The van der Waals surface area contributed by atoms with Crippen LogP contribution in [0.25, 0.3) is 0 Å². The predicted octanol–water partition coefficient (Wildman–Crippen LogP) is 3.10. The summed E-state index contributed by atoms with van der Waals surface area (Å²) in [5.41, 5.74) is 0. The molecule has 0 aromatic carbocycles. The third-order valence-electron chi connectivity index (χ3n) is 1.09. The molecule has 0 nitrogen and oxygen atoms in total. The van der Waals surface area contributed by atoms with Crippen LogP contribution in [0.3, 0.4) is 0 Å². The fourth-order valence-corrected chi connectivity index (χ4v) is 1.46. The van der Waals surface area contributed by atoms with Crippen molar-refractivity contribution in [3.05, 3.63) is 34.6 Å². The molecule has 0 saturated carbocycles. The first-order chi connectivity index (χ1) is 4.43.